The SMILES string of the molecule is CCCCC/C=C\C[C@@H]1O[C@H]1C(O)/C=C\C/C=C\CCCC(=O)[O-]. The standard InChI is InChI=1S/C20H32O4/c1-2-3-4-5-9-12-15-18-20(24-18)17(21)14-11-8-6-7-10-13-16-19(22)23/h6-7,9,11-12,14,17-18,20-21H,2-5,8,10,13,15-16H2,1H3,(H,22,23)/p-1/b7-6-,12-9-,14-11-/t17?,18-,20-/m0/s1. The molecule has 24 heavy (non-hydrogen) atoms. The maximum atomic E-state index is 10.2. The molecule has 4 nitrogen and oxygen atoms in total. The highest BCUT2D eigenvalue weighted by Crippen LogP contribution is 2.29. The number of unbranched alkanes of at least 4 members (excludes halogenated alkanes) is 4. The molecule has 3 atom stereocenters. The average Bonchev–Trinajstić information content (AvgIpc) is 3.32. The van der Waals surface area contributed by atoms with Crippen LogP contribution in [-0.2, 0) is 9.53 Å². The molecule has 136 valence electrons. The zero-order valence-corrected chi connectivity index (χ0v) is 14.7. The first-order chi connectivity index (χ1) is 11.6. The Morgan fingerprint density at radius 1 is 1.12 bits per heavy atom. The molecule has 0 radical (unpaired) electrons. The third-order valence-electron chi connectivity index (χ3n) is 3.99. The lowest BCUT2D eigenvalue weighted by molar-refractivity contribution is -0.305. The number of carboxylic acid groups (broad SMARTS) is 1. The lowest BCUT2D eigenvalue weighted by Gasteiger charge is -1.99. The Morgan fingerprint density at radius 2 is 1.88 bits per heavy atom. The van der Waals surface area contributed by atoms with Crippen molar-refractivity contribution >= 4 is 5.97 Å². The molecule has 1 rings (SSSR count). The van der Waals surface area contributed by atoms with Gasteiger partial charge in [-0.2, -0.15) is 0 Å². The third-order valence-corrected chi connectivity index (χ3v) is 3.99. The maximum absolute atomic E-state index is 10.2. The molecule has 1 unspecified atom stereocenters. The molecule has 0 aromatic heterocycles. The molecule has 1 aliphatic heterocycles. The molecule has 0 amide bonds. The van der Waals surface area contributed by atoms with Gasteiger partial charge in [-0.05, 0) is 44.9 Å². The van der Waals surface area contributed by atoms with Gasteiger partial charge in [0.25, 0.3) is 0 Å². The normalized spacial score (nSPS) is 21.9. The largest absolute Gasteiger partial charge is 0.550 e. The number of aliphatic carboxylic acids is 1. The quantitative estimate of drug-likeness (QED) is 0.301. The molecule has 1 aliphatic rings. The van der Waals surface area contributed by atoms with Crippen molar-refractivity contribution < 1.29 is 19.7 Å². The molecule has 0 aliphatic carbocycles. The summed E-state index contributed by atoms with van der Waals surface area (Å²) >= 11 is 0. The zero-order valence-electron chi connectivity index (χ0n) is 14.7. The molecule has 1 heterocycles. The Morgan fingerprint density at radius 3 is 2.62 bits per heavy atom. The summed E-state index contributed by atoms with van der Waals surface area (Å²) in [5.74, 6) is -0.999. The number of hydrogen-bond acceptors (Lipinski definition) is 4. The summed E-state index contributed by atoms with van der Waals surface area (Å²) < 4.78 is 5.51. The minimum atomic E-state index is -0.999. The first-order valence-electron chi connectivity index (χ1n) is 9.15. The van der Waals surface area contributed by atoms with E-state index < -0.39 is 12.1 Å². The average molecular weight is 335 g/mol. The third kappa shape index (κ3) is 10.4. The van der Waals surface area contributed by atoms with Crippen molar-refractivity contribution in [1.29, 1.82) is 0 Å². The van der Waals surface area contributed by atoms with E-state index in [0.717, 1.165) is 25.7 Å². The Balaban J connectivity index is 2.04. The van der Waals surface area contributed by atoms with E-state index in [2.05, 4.69) is 19.1 Å². The van der Waals surface area contributed by atoms with Crippen LogP contribution < -0.4 is 5.11 Å². The summed E-state index contributed by atoms with van der Waals surface area (Å²) in [5.41, 5.74) is 0. The minimum absolute atomic E-state index is 0.0754. The van der Waals surface area contributed by atoms with Crippen LogP contribution in [0.15, 0.2) is 36.5 Å². The van der Waals surface area contributed by atoms with Gasteiger partial charge >= 0.3 is 0 Å². The molecule has 4 heteroatoms. The van der Waals surface area contributed by atoms with Crippen molar-refractivity contribution in [2.45, 2.75) is 83.0 Å². The van der Waals surface area contributed by atoms with Gasteiger partial charge in [0.1, 0.15) is 12.2 Å². The van der Waals surface area contributed by atoms with E-state index in [1.807, 2.05) is 18.2 Å². The van der Waals surface area contributed by atoms with Crippen molar-refractivity contribution in [1.82, 2.24) is 0 Å². The Bertz CT molecular complexity index is 425. The van der Waals surface area contributed by atoms with Gasteiger partial charge in [-0.15, -0.1) is 0 Å². The number of ether oxygens (including phenoxy) is 1. The van der Waals surface area contributed by atoms with Gasteiger partial charge in [0.05, 0.1) is 6.10 Å². The molecule has 0 saturated carbocycles. The smallest absolute Gasteiger partial charge is 0.114 e. The van der Waals surface area contributed by atoms with Crippen LogP contribution in [0.1, 0.15) is 64.7 Å². The van der Waals surface area contributed by atoms with Crippen LogP contribution >= 0.6 is 0 Å². The van der Waals surface area contributed by atoms with E-state index in [9.17, 15) is 15.0 Å². The van der Waals surface area contributed by atoms with Crippen molar-refractivity contribution in [3.05, 3.63) is 36.5 Å². The van der Waals surface area contributed by atoms with Crippen LogP contribution in [0.2, 0.25) is 0 Å². The van der Waals surface area contributed by atoms with Crippen LogP contribution in [0.4, 0.5) is 0 Å². The lowest BCUT2D eigenvalue weighted by atomic mass is 10.1. The number of aliphatic hydroxyl groups excluding tert-OH is 1. The number of carboxylic acids is 1. The number of carbonyl (C=O) groups is 1. The van der Waals surface area contributed by atoms with E-state index in [1.165, 1.54) is 19.3 Å². The molecular formula is C20H31O4-. The number of carbonyl (C=O) groups excluding carboxylic acids is 1. The van der Waals surface area contributed by atoms with E-state index in [1.54, 1.807) is 6.08 Å². The van der Waals surface area contributed by atoms with Gasteiger partial charge in [0.15, 0.2) is 0 Å². The minimum Gasteiger partial charge on any atom is -0.550 e. The van der Waals surface area contributed by atoms with Gasteiger partial charge in [0, 0.05) is 5.97 Å². The number of hydrogen-bond donors (Lipinski definition) is 1. The summed E-state index contributed by atoms with van der Waals surface area (Å²) in [6.07, 6.45) is 19.5. The van der Waals surface area contributed by atoms with Crippen LogP contribution in [0.5, 0.6) is 0 Å². The summed E-state index contributed by atoms with van der Waals surface area (Å²) in [6.45, 7) is 2.20. The lowest BCUT2D eigenvalue weighted by Crippen LogP contribution is -2.21. The van der Waals surface area contributed by atoms with Gasteiger partial charge in [-0.25, -0.2) is 0 Å². The van der Waals surface area contributed by atoms with Gasteiger partial charge < -0.3 is 19.7 Å². The molecule has 0 aromatic carbocycles. The number of aliphatic hydroxyl groups is 1. The van der Waals surface area contributed by atoms with E-state index in [4.69, 9.17) is 4.74 Å². The van der Waals surface area contributed by atoms with Gasteiger partial charge in [-0.1, -0.05) is 56.2 Å². The first-order valence-corrected chi connectivity index (χ1v) is 9.15. The van der Waals surface area contributed by atoms with Gasteiger partial charge in [-0.3, -0.25) is 0 Å². The molecule has 0 spiro atoms. The monoisotopic (exact) mass is 335 g/mol. The fourth-order valence-electron chi connectivity index (χ4n) is 2.49. The highest BCUT2D eigenvalue weighted by atomic mass is 16.6. The Hall–Kier alpha value is -1.39. The van der Waals surface area contributed by atoms with Crippen molar-refractivity contribution in [2.24, 2.45) is 0 Å². The first kappa shape index (κ1) is 20.7. The van der Waals surface area contributed by atoms with Crippen LogP contribution in [0.3, 0.4) is 0 Å². The highest BCUT2D eigenvalue weighted by molar-refractivity contribution is 5.64. The fraction of sp³-hybridized carbons (Fsp3) is 0.650. The van der Waals surface area contributed by atoms with Crippen molar-refractivity contribution in [3.8, 4) is 0 Å². The number of rotatable bonds is 14. The number of epoxide rings is 1. The fourth-order valence-corrected chi connectivity index (χ4v) is 2.49. The molecule has 0 bridgehead atoms. The summed E-state index contributed by atoms with van der Waals surface area (Å²) in [4.78, 5) is 10.2. The highest BCUT2D eigenvalue weighted by Gasteiger charge is 2.42. The molecule has 1 fully saturated rings. The van der Waals surface area contributed by atoms with E-state index in [-0.39, 0.29) is 18.6 Å². The predicted molar refractivity (Wildman–Crippen MR) is 94.3 cm³/mol. The second-order valence-electron chi connectivity index (χ2n) is 6.23. The van der Waals surface area contributed by atoms with Crippen molar-refractivity contribution in [3.63, 3.8) is 0 Å². The second-order valence-corrected chi connectivity index (χ2v) is 6.23. The predicted octanol–water partition coefficient (Wildman–Crippen LogP) is 3.06. The number of allylic oxidation sites excluding steroid dienone is 4. The molecule has 1 saturated heterocycles. The topological polar surface area (TPSA) is 72.9 Å². The maximum Gasteiger partial charge on any atom is 0.114 e. The summed E-state index contributed by atoms with van der Waals surface area (Å²) in [5, 5.41) is 20.2. The van der Waals surface area contributed by atoms with Crippen molar-refractivity contribution in [2.75, 3.05) is 0 Å². The van der Waals surface area contributed by atoms with E-state index in [0.29, 0.717) is 6.42 Å². The summed E-state index contributed by atoms with van der Waals surface area (Å²) in [7, 11) is 0. The molecule has 0 aromatic rings. The Labute approximate surface area is 145 Å². The van der Waals surface area contributed by atoms with E-state index >= 15 is 0 Å². The molecule has 1 N–H and O–H groups in total. The van der Waals surface area contributed by atoms with Crippen LogP contribution in [-0.4, -0.2) is 29.4 Å². The molecular weight excluding hydrogens is 304 g/mol. The zero-order chi connectivity index (χ0) is 17.6. The summed E-state index contributed by atoms with van der Waals surface area (Å²) in [6, 6.07) is 0. The van der Waals surface area contributed by atoms with Crippen LogP contribution in [0, 0.1) is 0 Å². The second kappa shape index (κ2) is 13.0. The van der Waals surface area contributed by atoms with Gasteiger partial charge in [0.2, 0.25) is 0 Å². The Kier molecular flexibility index (Phi) is 11.2. The van der Waals surface area contributed by atoms with Crippen LogP contribution in [0.25, 0.3) is 0 Å².